The molecular formula is C23H30N4O3. The van der Waals surface area contributed by atoms with Crippen molar-refractivity contribution in [1.29, 1.82) is 0 Å². The molecular weight excluding hydrogens is 380 g/mol. The van der Waals surface area contributed by atoms with E-state index in [9.17, 15) is 9.59 Å². The van der Waals surface area contributed by atoms with E-state index in [4.69, 9.17) is 4.42 Å². The third-order valence-corrected chi connectivity index (χ3v) is 6.10. The molecule has 3 amide bonds. The zero-order valence-corrected chi connectivity index (χ0v) is 17.3. The van der Waals surface area contributed by atoms with Crippen LogP contribution in [-0.2, 0) is 4.79 Å². The minimum absolute atomic E-state index is 0.0541. The maximum absolute atomic E-state index is 12.8. The van der Waals surface area contributed by atoms with Crippen molar-refractivity contribution in [2.24, 2.45) is 5.92 Å². The van der Waals surface area contributed by atoms with Gasteiger partial charge in [-0.25, -0.2) is 4.79 Å². The first-order chi connectivity index (χ1) is 14.7. The number of carbonyl (C=O) groups excluding carboxylic acids is 2. The van der Waals surface area contributed by atoms with Crippen LogP contribution in [0.5, 0.6) is 0 Å². The molecule has 7 heteroatoms. The summed E-state index contributed by atoms with van der Waals surface area (Å²) in [6, 6.07) is 13.3. The summed E-state index contributed by atoms with van der Waals surface area (Å²) in [5, 5.41) is 6.06. The van der Waals surface area contributed by atoms with E-state index in [1.165, 1.54) is 12.8 Å². The van der Waals surface area contributed by atoms with Gasteiger partial charge in [0.05, 0.1) is 12.3 Å². The molecule has 2 N–H and O–H groups in total. The molecule has 2 aliphatic rings. The molecule has 0 saturated carbocycles. The summed E-state index contributed by atoms with van der Waals surface area (Å²) in [5.74, 6) is 0.931. The highest BCUT2D eigenvalue weighted by atomic mass is 16.3. The quantitative estimate of drug-likeness (QED) is 0.764. The third-order valence-electron chi connectivity index (χ3n) is 6.10. The highest BCUT2D eigenvalue weighted by Gasteiger charge is 2.30. The lowest BCUT2D eigenvalue weighted by Crippen LogP contribution is -2.45. The standard InChI is InChI=1S/C23H30N4O3/c28-22(24-17-20(21-9-6-16-30-21)26-12-4-5-13-26)18-10-14-27(15-11-18)23(29)25-19-7-2-1-3-8-19/h1-3,6-9,16,18,20H,4-5,10-15,17H2,(H,24,28)(H,25,29). The van der Waals surface area contributed by atoms with Crippen molar-refractivity contribution in [3.63, 3.8) is 0 Å². The molecule has 1 aromatic heterocycles. The lowest BCUT2D eigenvalue weighted by molar-refractivity contribution is -0.126. The molecule has 0 radical (unpaired) electrons. The molecule has 1 aromatic carbocycles. The van der Waals surface area contributed by atoms with Crippen LogP contribution in [0.15, 0.2) is 53.1 Å². The fourth-order valence-electron chi connectivity index (χ4n) is 4.35. The Kier molecular flexibility index (Phi) is 6.69. The Balaban J connectivity index is 1.25. The Bertz CT molecular complexity index is 810. The first-order valence-electron chi connectivity index (χ1n) is 10.9. The molecule has 160 valence electrons. The Hall–Kier alpha value is -2.80. The molecule has 0 spiro atoms. The zero-order valence-electron chi connectivity index (χ0n) is 17.3. The van der Waals surface area contributed by atoms with Crippen LogP contribution in [0.2, 0.25) is 0 Å². The van der Waals surface area contributed by atoms with Gasteiger partial charge >= 0.3 is 6.03 Å². The maximum Gasteiger partial charge on any atom is 0.321 e. The van der Waals surface area contributed by atoms with Crippen molar-refractivity contribution in [2.45, 2.75) is 31.7 Å². The number of amides is 3. The van der Waals surface area contributed by atoms with Gasteiger partial charge in [0.1, 0.15) is 5.76 Å². The number of hydrogen-bond acceptors (Lipinski definition) is 4. The van der Waals surface area contributed by atoms with Crippen LogP contribution in [0.25, 0.3) is 0 Å². The molecule has 0 bridgehead atoms. The van der Waals surface area contributed by atoms with Crippen LogP contribution in [0.1, 0.15) is 37.5 Å². The normalized spacial score (nSPS) is 18.9. The van der Waals surface area contributed by atoms with Crippen molar-refractivity contribution in [3.05, 3.63) is 54.5 Å². The van der Waals surface area contributed by atoms with E-state index in [2.05, 4.69) is 15.5 Å². The van der Waals surface area contributed by atoms with E-state index < -0.39 is 0 Å². The Morgan fingerprint density at radius 2 is 1.73 bits per heavy atom. The van der Waals surface area contributed by atoms with Crippen LogP contribution in [0.3, 0.4) is 0 Å². The molecule has 1 unspecified atom stereocenters. The molecule has 4 rings (SSSR count). The number of carbonyl (C=O) groups is 2. The second kappa shape index (κ2) is 9.80. The molecule has 7 nitrogen and oxygen atoms in total. The second-order valence-electron chi connectivity index (χ2n) is 8.08. The summed E-state index contributed by atoms with van der Waals surface area (Å²) in [7, 11) is 0. The summed E-state index contributed by atoms with van der Waals surface area (Å²) in [6.45, 7) is 3.81. The van der Waals surface area contributed by atoms with E-state index in [1.807, 2.05) is 42.5 Å². The van der Waals surface area contributed by atoms with Crippen LogP contribution in [0.4, 0.5) is 10.5 Å². The maximum atomic E-state index is 12.8. The molecule has 2 fully saturated rings. The number of likely N-dealkylation sites (tertiary alicyclic amines) is 2. The summed E-state index contributed by atoms with van der Waals surface area (Å²) in [4.78, 5) is 29.4. The van der Waals surface area contributed by atoms with E-state index in [-0.39, 0.29) is 23.9 Å². The Morgan fingerprint density at radius 3 is 2.40 bits per heavy atom. The van der Waals surface area contributed by atoms with Gasteiger partial charge in [0.2, 0.25) is 5.91 Å². The summed E-state index contributed by atoms with van der Waals surface area (Å²) in [5.41, 5.74) is 0.785. The summed E-state index contributed by atoms with van der Waals surface area (Å²) < 4.78 is 5.63. The first kappa shape index (κ1) is 20.5. The molecule has 30 heavy (non-hydrogen) atoms. The molecule has 2 aromatic rings. The number of para-hydroxylation sites is 1. The number of benzene rings is 1. The van der Waals surface area contributed by atoms with E-state index in [1.54, 1.807) is 11.2 Å². The highest BCUT2D eigenvalue weighted by Crippen LogP contribution is 2.25. The van der Waals surface area contributed by atoms with Gasteiger partial charge in [-0.2, -0.15) is 0 Å². The number of piperidine rings is 1. The van der Waals surface area contributed by atoms with E-state index in [0.29, 0.717) is 32.5 Å². The van der Waals surface area contributed by atoms with Gasteiger partial charge in [0, 0.05) is 31.2 Å². The van der Waals surface area contributed by atoms with Gasteiger partial charge in [-0.15, -0.1) is 0 Å². The average Bonchev–Trinajstić information content (AvgIpc) is 3.50. The van der Waals surface area contributed by atoms with Crippen LogP contribution in [-0.4, -0.2) is 54.5 Å². The average molecular weight is 411 g/mol. The lowest BCUT2D eigenvalue weighted by atomic mass is 9.96. The van der Waals surface area contributed by atoms with Crippen LogP contribution < -0.4 is 10.6 Å². The van der Waals surface area contributed by atoms with Crippen molar-refractivity contribution in [1.82, 2.24) is 15.1 Å². The summed E-state index contributed by atoms with van der Waals surface area (Å²) in [6.07, 6.45) is 5.44. The first-order valence-corrected chi connectivity index (χ1v) is 10.9. The van der Waals surface area contributed by atoms with E-state index >= 15 is 0 Å². The second-order valence-corrected chi connectivity index (χ2v) is 8.08. The zero-order chi connectivity index (χ0) is 20.8. The number of urea groups is 1. The van der Waals surface area contributed by atoms with Crippen molar-refractivity contribution < 1.29 is 14.0 Å². The minimum atomic E-state index is -0.105. The molecule has 1 atom stereocenters. The van der Waals surface area contributed by atoms with Crippen molar-refractivity contribution in [3.8, 4) is 0 Å². The minimum Gasteiger partial charge on any atom is -0.468 e. The SMILES string of the molecule is O=C(NCC(c1ccco1)N1CCCC1)C1CCN(C(=O)Nc2ccccc2)CC1. The molecule has 3 heterocycles. The fourth-order valence-corrected chi connectivity index (χ4v) is 4.35. The smallest absolute Gasteiger partial charge is 0.321 e. The predicted molar refractivity (Wildman–Crippen MR) is 115 cm³/mol. The number of rotatable bonds is 6. The van der Waals surface area contributed by atoms with E-state index in [0.717, 1.165) is 24.5 Å². The van der Waals surface area contributed by atoms with Crippen molar-refractivity contribution >= 4 is 17.6 Å². The highest BCUT2D eigenvalue weighted by molar-refractivity contribution is 5.89. The molecule has 2 saturated heterocycles. The predicted octanol–water partition coefficient (Wildman–Crippen LogP) is 3.48. The van der Waals surface area contributed by atoms with Gasteiger partial charge in [-0.05, 0) is 63.0 Å². The largest absolute Gasteiger partial charge is 0.468 e. The number of anilines is 1. The molecule has 0 aliphatic carbocycles. The topological polar surface area (TPSA) is 77.8 Å². The Morgan fingerprint density at radius 1 is 1.00 bits per heavy atom. The number of furan rings is 1. The van der Waals surface area contributed by atoms with Gasteiger partial charge in [0.25, 0.3) is 0 Å². The Labute approximate surface area is 177 Å². The summed E-state index contributed by atoms with van der Waals surface area (Å²) >= 11 is 0. The van der Waals surface area contributed by atoms with Crippen LogP contribution in [0, 0.1) is 5.92 Å². The van der Waals surface area contributed by atoms with Gasteiger partial charge < -0.3 is 20.0 Å². The van der Waals surface area contributed by atoms with Gasteiger partial charge in [0.15, 0.2) is 0 Å². The van der Waals surface area contributed by atoms with Gasteiger partial charge in [-0.1, -0.05) is 18.2 Å². The fraction of sp³-hybridized carbons (Fsp3) is 0.478. The van der Waals surface area contributed by atoms with Crippen LogP contribution >= 0.6 is 0 Å². The number of hydrogen-bond donors (Lipinski definition) is 2. The monoisotopic (exact) mass is 410 g/mol. The number of nitrogens with one attached hydrogen (secondary N) is 2. The van der Waals surface area contributed by atoms with Crippen molar-refractivity contribution in [2.75, 3.05) is 38.0 Å². The van der Waals surface area contributed by atoms with Gasteiger partial charge in [-0.3, -0.25) is 9.69 Å². The number of nitrogens with zero attached hydrogens (tertiary/aromatic N) is 2. The third kappa shape index (κ3) is 5.02. The lowest BCUT2D eigenvalue weighted by Gasteiger charge is -2.32. The molecule has 2 aliphatic heterocycles.